The van der Waals surface area contributed by atoms with Crippen LogP contribution in [-0.4, -0.2) is 18.3 Å². The summed E-state index contributed by atoms with van der Waals surface area (Å²) in [6, 6.07) is 9.97. The molecule has 1 N–H and O–H groups in total. The Morgan fingerprint density at radius 2 is 2.00 bits per heavy atom. The van der Waals surface area contributed by atoms with Crippen molar-refractivity contribution in [2.75, 3.05) is 13.2 Å². The van der Waals surface area contributed by atoms with Crippen LogP contribution in [0.4, 0.5) is 0 Å². The molecule has 0 bridgehead atoms. The molecule has 0 heterocycles. The first kappa shape index (κ1) is 9.23. The van der Waals surface area contributed by atoms with Gasteiger partial charge in [-0.25, -0.2) is 0 Å². The zero-order valence-electron chi connectivity index (χ0n) is 7.23. The number of ether oxygens (including phenoxy) is 1. The van der Waals surface area contributed by atoms with Gasteiger partial charge in [-0.2, -0.15) is 0 Å². The molecule has 2 heteroatoms. The van der Waals surface area contributed by atoms with Crippen LogP contribution in [0.5, 0.6) is 0 Å². The fourth-order valence-electron chi connectivity index (χ4n) is 1.05. The van der Waals surface area contributed by atoms with Crippen molar-refractivity contribution >= 4 is 0 Å². The molecule has 0 spiro atoms. The van der Waals surface area contributed by atoms with E-state index in [2.05, 4.69) is 0 Å². The van der Waals surface area contributed by atoms with Gasteiger partial charge in [0.15, 0.2) is 0 Å². The maximum absolute atomic E-state index is 8.54. The van der Waals surface area contributed by atoms with Crippen LogP contribution in [0.3, 0.4) is 0 Å². The van der Waals surface area contributed by atoms with Crippen molar-refractivity contribution in [1.82, 2.24) is 0 Å². The minimum absolute atomic E-state index is 0.0679. The Balaban J connectivity index is 2.48. The predicted octanol–water partition coefficient (Wildman–Crippen LogP) is 1.76. The summed E-state index contributed by atoms with van der Waals surface area (Å²) in [5.41, 5.74) is 1.14. The van der Waals surface area contributed by atoms with Gasteiger partial charge in [0.05, 0.1) is 19.3 Å². The van der Waals surface area contributed by atoms with E-state index in [-0.39, 0.29) is 12.7 Å². The van der Waals surface area contributed by atoms with E-state index in [1.54, 1.807) is 0 Å². The summed E-state index contributed by atoms with van der Waals surface area (Å²) in [5, 5.41) is 8.54. The third-order valence-electron chi connectivity index (χ3n) is 1.73. The lowest BCUT2D eigenvalue weighted by molar-refractivity contribution is 0.0385. The number of rotatable bonds is 4. The summed E-state index contributed by atoms with van der Waals surface area (Å²) >= 11 is 0. The second kappa shape index (κ2) is 4.91. The van der Waals surface area contributed by atoms with Crippen LogP contribution >= 0.6 is 0 Å². The van der Waals surface area contributed by atoms with E-state index in [0.29, 0.717) is 6.61 Å². The molecule has 0 aromatic heterocycles. The fraction of sp³-hybridized carbons (Fsp3) is 0.400. The molecule has 1 unspecified atom stereocenters. The Morgan fingerprint density at radius 1 is 1.33 bits per heavy atom. The summed E-state index contributed by atoms with van der Waals surface area (Å²) < 4.78 is 5.33. The van der Waals surface area contributed by atoms with Crippen LogP contribution in [0.2, 0.25) is 0 Å². The van der Waals surface area contributed by atoms with Gasteiger partial charge in [-0.3, -0.25) is 0 Å². The molecule has 0 fully saturated rings. The minimum Gasteiger partial charge on any atom is -0.394 e. The lowest BCUT2D eigenvalue weighted by Gasteiger charge is -2.11. The van der Waals surface area contributed by atoms with Crippen molar-refractivity contribution in [3.05, 3.63) is 35.9 Å². The van der Waals surface area contributed by atoms with Gasteiger partial charge in [-0.15, -0.1) is 0 Å². The van der Waals surface area contributed by atoms with E-state index in [0.717, 1.165) is 5.56 Å². The number of aliphatic hydroxyl groups excluding tert-OH is 1. The van der Waals surface area contributed by atoms with E-state index < -0.39 is 0 Å². The van der Waals surface area contributed by atoms with Gasteiger partial charge in [0.2, 0.25) is 0 Å². The molecule has 1 aromatic carbocycles. The van der Waals surface area contributed by atoms with Crippen LogP contribution in [-0.2, 0) is 4.74 Å². The lowest BCUT2D eigenvalue weighted by Crippen LogP contribution is -2.04. The van der Waals surface area contributed by atoms with Crippen molar-refractivity contribution in [1.29, 1.82) is 0 Å². The molecular formula is C10H14O2. The highest BCUT2D eigenvalue weighted by atomic mass is 16.5. The number of aliphatic hydroxyl groups is 1. The van der Waals surface area contributed by atoms with Gasteiger partial charge in [-0.05, 0) is 12.5 Å². The second-order valence-electron chi connectivity index (χ2n) is 2.65. The Labute approximate surface area is 72.8 Å². The monoisotopic (exact) mass is 166 g/mol. The zero-order valence-corrected chi connectivity index (χ0v) is 7.23. The summed E-state index contributed by atoms with van der Waals surface area (Å²) in [6.45, 7) is 2.46. The van der Waals surface area contributed by atoms with Gasteiger partial charge in [0.1, 0.15) is 0 Å². The van der Waals surface area contributed by atoms with Crippen LogP contribution < -0.4 is 0 Å². The number of hydrogen-bond donors (Lipinski definition) is 1. The molecule has 0 radical (unpaired) electrons. The zero-order chi connectivity index (χ0) is 8.81. The van der Waals surface area contributed by atoms with E-state index in [1.807, 2.05) is 37.3 Å². The fourth-order valence-corrected chi connectivity index (χ4v) is 1.05. The first-order valence-electron chi connectivity index (χ1n) is 4.12. The highest BCUT2D eigenvalue weighted by molar-refractivity contribution is 5.16. The van der Waals surface area contributed by atoms with Crippen LogP contribution in [0, 0.1) is 0 Å². The normalized spacial score (nSPS) is 12.8. The first-order valence-corrected chi connectivity index (χ1v) is 4.12. The van der Waals surface area contributed by atoms with Crippen LogP contribution in [0.25, 0.3) is 0 Å². The summed E-state index contributed by atoms with van der Waals surface area (Å²) in [7, 11) is 0. The van der Waals surface area contributed by atoms with Crippen molar-refractivity contribution in [3.63, 3.8) is 0 Å². The highest BCUT2D eigenvalue weighted by Crippen LogP contribution is 2.14. The SMILES string of the molecule is CC(OCCO)c1ccccc1. The molecule has 0 saturated carbocycles. The number of hydrogen-bond acceptors (Lipinski definition) is 2. The summed E-state index contributed by atoms with van der Waals surface area (Å²) in [5.74, 6) is 0. The molecule has 2 nitrogen and oxygen atoms in total. The van der Waals surface area contributed by atoms with E-state index >= 15 is 0 Å². The maximum atomic E-state index is 8.54. The van der Waals surface area contributed by atoms with Gasteiger partial charge >= 0.3 is 0 Å². The summed E-state index contributed by atoms with van der Waals surface area (Å²) in [6.07, 6.45) is 0.0679. The largest absolute Gasteiger partial charge is 0.394 e. The molecule has 0 aliphatic heterocycles. The third kappa shape index (κ3) is 2.64. The second-order valence-corrected chi connectivity index (χ2v) is 2.65. The minimum atomic E-state index is 0.0679. The molecule has 0 saturated heterocycles. The Bertz CT molecular complexity index is 208. The van der Waals surface area contributed by atoms with Crippen molar-refractivity contribution in [2.45, 2.75) is 13.0 Å². The predicted molar refractivity (Wildman–Crippen MR) is 47.9 cm³/mol. The average Bonchev–Trinajstić information content (AvgIpc) is 2.15. The lowest BCUT2D eigenvalue weighted by atomic mass is 10.1. The van der Waals surface area contributed by atoms with Gasteiger partial charge in [-0.1, -0.05) is 30.3 Å². The molecule has 1 rings (SSSR count). The van der Waals surface area contributed by atoms with Crippen molar-refractivity contribution in [2.24, 2.45) is 0 Å². The Kier molecular flexibility index (Phi) is 3.77. The molecule has 0 aliphatic carbocycles. The summed E-state index contributed by atoms with van der Waals surface area (Å²) in [4.78, 5) is 0. The maximum Gasteiger partial charge on any atom is 0.0797 e. The molecule has 12 heavy (non-hydrogen) atoms. The van der Waals surface area contributed by atoms with E-state index in [9.17, 15) is 0 Å². The van der Waals surface area contributed by atoms with Gasteiger partial charge < -0.3 is 9.84 Å². The topological polar surface area (TPSA) is 29.5 Å². The van der Waals surface area contributed by atoms with Gasteiger partial charge in [0.25, 0.3) is 0 Å². The number of benzene rings is 1. The van der Waals surface area contributed by atoms with E-state index in [4.69, 9.17) is 9.84 Å². The van der Waals surface area contributed by atoms with E-state index in [1.165, 1.54) is 0 Å². The smallest absolute Gasteiger partial charge is 0.0797 e. The molecule has 1 atom stereocenters. The first-order chi connectivity index (χ1) is 5.84. The van der Waals surface area contributed by atoms with Crippen molar-refractivity contribution < 1.29 is 9.84 Å². The molecule has 66 valence electrons. The average molecular weight is 166 g/mol. The molecule has 0 amide bonds. The van der Waals surface area contributed by atoms with Crippen LogP contribution in [0.1, 0.15) is 18.6 Å². The Hall–Kier alpha value is -0.860. The molecule has 0 aliphatic rings. The molecule has 1 aromatic rings. The quantitative estimate of drug-likeness (QED) is 0.738. The van der Waals surface area contributed by atoms with Crippen LogP contribution in [0.15, 0.2) is 30.3 Å². The van der Waals surface area contributed by atoms with Gasteiger partial charge in [0, 0.05) is 0 Å². The highest BCUT2D eigenvalue weighted by Gasteiger charge is 2.02. The standard InChI is InChI=1S/C10H14O2/c1-9(12-8-7-11)10-5-3-2-4-6-10/h2-6,9,11H,7-8H2,1H3. The third-order valence-corrected chi connectivity index (χ3v) is 1.73. The molecular weight excluding hydrogens is 152 g/mol. The van der Waals surface area contributed by atoms with Crippen molar-refractivity contribution in [3.8, 4) is 0 Å². The Morgan fingerprint density at radius 3 is 2.58 bits per heavy atom.